The first-order valence-corrected chi connectivity index (χ1v) is 9.49. The Hall–Kier alpha value is -2.78. The van der Waals surface area contributed by atoms with Gasteiger partial charge in [0.05, 0.1) is 24.7 Å². The first-order valence-electron chi connectivity index (χ1n) is 9.49. The van der Waals surface area contributed by atoms with Crippen LogP contribution in [-0.4, -0.2) is 65.0 Å². The van der Waals surface area contributed by atoms with E-state index in [0.717, 1.165) is 4.90 Å². The Bertz CT molecular complexity index is 887. The summed E-state index contributed by atoms with van der Waals surface area (Å²) in [6.07, 6.45) is 0.733. The lowest BCUT2D eigenvalue weighted by atomic mass is 10.0. The summed E-state index contributed by atoms with van der Waals surface area (Å²) in [5.41, 5.74) is 0.178. The molecule has 1 saturated heterocycles. The number of benzene rings is 1. The highest BCUT2D eigenvalue weighted by atomic mass is 16.6. The SMILES string of the molecule is CC(C)(C)OC(=O)CNc1ccc2c(c1)C(=O)N(C1CCC[N+](C)([O-])C1=O)C2=O. The molecule has 0 spiro atoms. The largest absolute Gasteiger partial charge is 0.625 e. The van der Waals surface area contributed by atoms with Crippen LogP contribution in [0.1, 0.15) is 54.3 Å². The highest BCUT2D eigenvalue weighted by molar-refractivity contribution is 6.23. The monoisotopic (exact) mass is 403 g/mol. The van der Waals surface area contributed by atoms with E-state index in [-0.39, 0.29) is 30.6 Å². The van der Waals surface area contributed by atoms with E-state index >= 15 is 0 Å². The molecule has 29 heavy (non-hydrogen) atoms. The number of hydrogen-bond acceptors (Lipinski definition) is 7. The van der Waals surface area contributed by atoms with Crippen molar-refractivity contribution >= 4 is 29.4 Å². The molecule has 0 radical (unpaired) electrons. The van der Waals surface area contributed by atoms with Gasteiger partial charge in [-0.3, -0.25) is 23.9 Å². The van der Waals surface area contributed by atoms with Crippen LogP contribution in [0.15, 0.2) is 18.2 Å². The lowest BCUT2D eigenvalue weighted by Gasteiger charge is -2.43. The Morgan fingerprint density at radius 2 is 1.90 bits per heavy atom. The zero-order valence-electron chi connectivity index (χ0n) is 17.0. The van der Waals surface area contributed by atoms with Crippen LogP contribution in [0.3, 0.4) is 0 Å². The van der Waals surface area contributed by atoms with Gasteiger partial charge >= 0.3 is 11.9 Å². The number of fused-ring (bicyclic) bond motifs is 1. The maximum Gasteiger partial charge on any atom is 0.336 e. The van der Waals surface area contributed by atoms with Crippen molar-refractivity contribution in [3.63, 3.8) is 0 Å². The summed E-state index contributed by atoms with van der Waals surface area (Å²) in [4.78, 5) is 50.9. The van der Waals surface area contributed by atoms with Crippen LogP contribution in [0.5, 0.6) is 0 Å². The number of likely N-dealkylation sites (N-methyl/N-ethyl adjacent to an activating group) is 1. The van der Waals surface area contributed by atoms with Gasteiger partial charge in [0, 0.05) is 5.69 Å². The van der Waals surface area contributed by atoms with Gasteiger partial charge in [0.1, 0.15) is 12.1 Å². The fraction of sp³-hybridized carbons (Fsp3) is 0.500. The van der Waals surface area contributed by atoms with E-state index in [1.807, 2.05) is 0 Å². The molecule has 1 N–H and O–H groups in total. The summed E-state index contributed by atoms with van der Waals surface area (Å²) in [6.45, 7) is 5.32. The predicted octanol–water partition coefficient (Wildman–Crippen LogP) is 1.67. The Morgan fingerprint density at radius 3 is 2.55 bits per heavy atom. The van der Waals surface area contributed by atoms with E-state index in [4.69, 9.17) is 4.74 Å². The van der Waals surface area contributed by atoms with Crippen molar-refractivity contribution in [1.29, 1.82) is 0 Å². The van der Waals surface area contributed by atoms with Crippen LogP contribution in [0, 0.1) is 5.21 Å². The summed E-state index contributed by atoms with van der Waals surface area (Å²) in [7, 11) is 1.24. The molecule has 2 unspecified atom stereocenters. The number of quaternary nitrogens is 1. The summed E-state index contributed by atoms with van der Waals surface area (Å²) in [6, 6.07) is 3.47. The number of ether oxygens (including phenoxy) is 1. The molecule has 156 valence electrons. The molecule has 3 rings (SSSR count). The number of esters is 1. The van der Waals surface area contributed by atoms with Crippen LogP contribution >= 0.6 is 0 Å². The number of nitrogens with one attached hydrogen (secondary N) is 1. The Balaban J connectivity index is 1.77. The molecule has 9 heteroatoms. The van der Waals surface area contributed by atoms with Gasteiger partial charge in [0.25, 0.3) is 11.8 Å². The van der Waals surface area contributed by atoms with Crippen molar-refractivity contribution in [2.75, 3.05) is 25.5 Å². The molecular formula is C20H25N3O6. The normalized spacial score (nSPS) is 24.5. The standard InChI is InChI=1S/C20H25N3O6/c1-20(2,3)29-16(24)11-21-12-7-8-13-14(10-12)18(26)22(17(13)25)15-6-5-9-23(4,28)19(15)27/h7-8,10,15,21H,5-6,9,11H2,1-4H3. The van der Waals surface area contributed by atoms with Gasteiger partial charge in [-0.25, -0.2) is 4.79 Å². The number of imide groups is 1. The maximum absolute atomic E-state index is 12.9. The highest BCUT2D eigenvalue weighted by Gasteiger charge is 2.48. The summed E-state index contributed by atoms with van der Waals surface area (Å²) in [5, 5.41) is 15.2. The number of nitrogens with zero attached hydrogens (tertiary/aromatic N) is 2. The smallest absolute Gasteiger partial charge is 0.336 e. The zero-order chi connectivity index (χ0) is 21.6. The van der Waals surface area contributed by atoms with Gasteiger partial charge in [-0.15, -0.1) is 0 Å². The first kappa shape index (κ1) is 20.9. The highest BCUT2D eigenvalue weighted by Crippen LogP contribution is 2.31. The van der Waals surface area contributed by atoms with Crippen LogP contribution in [0.4, 0.5) is 5.69 Å². The minimum Gasteiger partial charge on any atom is -0.625 e. The van der Waals surface area contributed by atoms with Crippen molar-refractivity contribution in [3.05, 3.63) is 34.5 Å². The maximum atomic E-state index is 12.9. The Morgan fingerprint density at radius 1 is 1.24 bits per heavy atom. The first-order chi connectivity index (χ1) is 13.4. The molecule has 2 atom stereocenters. The molecule has 2 aliphatic rings. The fourth-order valence-electron chi connectivity index (χ4n) is 3.58. The van der Waals surface area contributed by atoms with Gasteiger partial charge in [-0.2, -0.15) is 0 Å². The number of piperidine rings is 1. The second-order valence-electron chi connectivity index (χ2n) is 8.50. The number of carbonyl (C=O) groups excluding carboxylic acids is 4. The van der Waals surface area contributed by atoms with E-state index in [1.165, 1.54) is 19.2 Å². The molecule has 2 heterocycles. The van der Waals surface area contributed by atoms with Crippen LogP contribution in [-0.2, 0) is 14.3 Å². The second-order valence-corrected chi connectivity index (χ2v) is 8.50. The van der Waals surface area contributed by atoms with Crippen molar-refractivity contribution in [3.8, 4) is 0 Å². The van der Waals surface area contributed by atoms with Crippen molar-refractivity contribution < 1.29 is 28.6 Å². The van der Waals surface area contributed by atoms with E-state index in [0.29, 0.717) is 12.1 Å². The molecule has 1 aromatic rings. The molecule has 9 nitrogen and oxygen atoms in total. The van der Waals surface area contributed by atoms with Gasteiger partial charge in [0.15, 0.2) is 6.04 Å². The number of anilines is 1. The van der Waals surface area contributed by atoms with Gasteiger partial charge in [-0.1, -0.05) is 0 Å². The van der Waals surface area contributed by atoms with Crippen molar-refractivity contribution in [1.82, 2.24) is 4.90 Å². The molecule has 1 fully saturated rings. The van der Waals surface area contributed by atoms with Crippen LogP contribution in [0.2, 0.25) is 0 Å². The number of amides is 3. The van der Waals surface area contributed by atoms with Gasteiger partial charge < -0.3 is 15.3 Å². The predicted molar refractivity (Wildman–Crippen MR) is 104 cm³/mol. The molecule has 2 aliphatic heterocycles. The molecule has 3 amide bonds. The quantitative estimate of drug-likeness (QED) is 0.352. The Labute approximate surface area is 168 Å². The number of hydroxylamine groups is 3. The third-order valence-corrected chi connectivity index (χ3v) is 4.90. The lowest BCUT2D eigenvalue weighted by molar-refractivity contribution is -0.788. The van der Waals surface area contributed by atoms with E-state index in [2.05, 4.69) is 5.32 Å². The van der Waals surface area contributed by atoms with Crippen molar-refractivity contribution in [2.45, 2.75) is 45.3 Å². The third-order valence-electron chi connectivity index (χ3n) is 4.90. The lowest BCUT2D eigenvalue weighted by Crippen LogP contribution is -2.59. The van der Waals surface area contributed by atoms with Crippen molar-refractivity contribution in [2.24, 2.45) is 0 Å². The molecular weight excluding hydrogens is 378 g/mol. The Kier molecular flexibility index (Phi) is 5.22. The molecule has 0 aliphatic carbocycles. The molecule has 0 saturated carbocycles. The second kappa shape index (κ2) is 7.23. The minimum absolute atomic E-state index is 0.102. The van der Waals surface area contributed by atoms with E-state index in [1.54, 1.807) is 26.8 Å². The molecule has 1 aromatic carbocycles. The zero-order valence-corrected chi connectivity index (χ0v) is 17.0. The molecule has 0 bridgehead atoms. The minimum atomic E-state index is -1.10. The van der Waals surface area contributed by atoms with Gasteiger partial charge in [-0.05, 0) is 51.8 Å². The summed E-state index contributed by atoms with van der Waals surface area (Å²) >= 11 is 0. The van der Waals surface area contributed by atoms with Gasteiger partial charge in [0.2, 0.25) is 0 Å². The van der Waals surface area contributed by atoms with Crippen LogP contribution in [0.25, 0.3) is 0 Å². The number of rotatable bonds is 4. The van der Waals surface area contributed by atoms with E-state index < -0.39 is 40.0 Å². The van der Waals surface area contributed by atoms with Crippen LogP contribution < -0.4 is 5.32 Å². The third kappa shape index (κ3) is 4.15. The summed E-state index contributed by atoms with van der Waals surface area (Å²) < 4.78 is 4.12. The number of hydrogen-bond donors (Lipinski definition) is 1. The topological polar surface area (TPSA) is 116 Å². The summed E-state index contributed by atoms with van der Waals surface area (Å²) in [5.74, 6) is -2.33. The average Bonchev–Trinajstić information content (AvgIpc) is 2.85. The molecule has 0 aromatic heterocycles. The number of carbonyl (C=O) groups is 4. The van der Waals surface area contributed by atoms with E-state index in [9.17, 15) is 24.4 Å². The fourth-order valence-corrected chi connectivity index (χ4v) is 3.58. The number of likely N-dealkylation sites (tertiary alicyclic amines) is 1. The average molecular weight is 403 g/mol.